The van der Waals surface area contributed by atoms with E-state index in [0.29, 0.717) is 44.5 Å². The Morgan fingerprint density at radius 1 is 1.27 bits per heavy atom. The lowest BCUT2D eigenvalue weighted by Crippen LogP contribution is -2.23. The van der Waals surface area contributed by atoms with Crippen LogP contribution in [0.2, 0.25) is 5.02 Å². The van der Waals surface area contributed by atoms with Crippen LogP contribution in [0.3, 0.4) is 0 Å². The van der Waals surface area contributed by atoms with E-state index in [1.807, 2.05) is 6.92 Å². The molecular weight excluding hydrogens is 428 g/mol. The van der Waals surface area contributed by atoms with E-state index in [0.717, 1.165) is 0 Å². The highest BCUT2D eigenvalue weighted by molar-refractivity contribution is 8.18. The molecule has 3 rings (SSSR count). The number of carbonyl (C=O) groups excluding carboxylic acids is 1. The van der Waals surface area contributed by atoms with E-state index >= 15 is 0 Å². The van der Waals surface area contributed by atoms with Gasteiger partial charge in [0.15, 0.2) is 22.8 Å². The molecule has 0 aliphatic carbocycles. The molecule has 156 valence electrons. The van der Waals surface area contributed by atoms with Gasteiger partial charge < -0.3 is 19.9 Å². The number of carbonyl (C=O) groups is 2. The first-order valence-electron chi connectivity index (χ1n) is 9.07. The van der Waals surface area contributed by atoms with E-state index in [1.165, 1.54) is 18.7 Å². The molecule has 1 atom stereocenters. The number of ether oxygens (including phenoxy) is 2. The molecule has 1 aliphatic rings. The van der Waals surface area contributed by atoms with Crippen LogP contribution < -0.4 is 14.8 Å². The molecule has 2 aromatic carbocycles. The highest BCUT2D eigenvalue weighted by atomic mass is 35.5. The molecule has 0 spiro atoms. The van der Waals surface area contributed by atoms with Gasteiger partial charge in [-0.2, -0.15) is 0 Å². The fourth-order valence-corrected chi connectivity index (χ4v) is 3.45. The molecule has 1 fully saturated rings. The predicted molar refractivity (Wildman–Crippen MR) is 118 cm³/mol. The summed E-state index contributed by atoms with van der Waals surface area (Å²) in [6.07, 6.45) is 0.688. The van der Waals surface area contributed by atoms with Gasteiger partial charge >= 0.3 is 5.97 Å². The summed E-state index contributed by atoms with van der Waals surface area (Å²) in [5.74, 6) is -0.610. The molecular formula is C21H19ClN2O5S. The Hall–Kier alpha value is -2.97. The van der Waals surface area contributed by atoms with Gasteiger partial charge in [0, 0.05) is 5.02 Å². The van der Waals surface area contributed by atoms with Gasteiger partial charge in [-0.05, 0) is 73.6 Å². The first-order valence-corrected chi connectivity index (χ1v) is 10.3. The van der Waals surface area contributed by atoms with E-state index in [1.54, 1.807) is 48.5 Å². The largest absolute Gasteiger partial charge is 0.490 e. The zero-order valence-electron chi connectivity index (χ0n) is 16.2. The summed E-state index contributed by atoms with van der Waals surface area (Å²) in [6, 6.07) is 12.0. The van der Waals surface area contributed by atoms with Gasteiger partial charge in [-0.3, -0.25) is 4.79 Å². The molecule has 0 unspecified atom stereocenters. The number of aliphatic imine (C=N–C) groups is 1. The van der Waals surface area contributed by atoms with E-state index in [2.05, 4.69) is 10.3 Å². The van der Waals surface area contributed by atoms with Crippen molar-refractivity contribution in [1.29, 1.82) is 0 Å². The minimum absolute atomic E-state index is 0.259. The molecule has 2 N–H and O–H groups in total. The van der Waals surface area contributed by atoms with Crippen LogP contribution in [-0.4, -0.2) is 34.9 Å². The molecule has 1 aliphatic heterocycles. The van der Waals surface area contributed by atoms with Crippen LogP contribution in [0.15, 0.2) is 52.4 Å². The van der Waals surface area contributed by atoms with Crippen molar-refractivity contribution in [2.24, 2.45) is 4.99 Å². The lowest BCUT2D eigenvalue weighted by molar-refractivity contribution is -0.144. The van der Waals surface area contributed by atoms with E-state index < -0.39 is 12.1 Å². The number of nitrogens with zero attached hydrogens (tertiary/aromatic N) is 1. The van der Waals surface area contributed by atoms with Gasteiger partial charge in [0.05, 0.1) is 17.2 Å². The Labute approximate surface area is 182 Å². The lowest BCUT2D eigenvalue weighted by atomic mass is 10.2. The molecule has 1 amide bonds. The normalized spacial score (nSPS) is 17.1. The average molecular weight is 447 g/mol. The number of benzene rings is 2. The lowest BCUT2D eigenvalue weighted by Gasteiger charge is -2.15. The summed E-state index contributed by atoms with van der Waals surface area (Å²) in [5, 5.41) is 12.8. The molecule has 0 aromatic heterocycles. The Morgan fingerprint density at radius 2 is 2.00 bits per heavy atom. The van der Waals surface area contributed by atoms with Gasteiger partial charge in [0.1, 0.15) is 0 Å². The standard InChI is InChI=1S/C21H19ClN2O5S/c1-3-28-17-10-13(4-9-16(17)29-12(2)20(26)27)11-18-19(25)24-21(30-18)23-15-7-5-14(22)6-8-15/h4-12H,3H2,1-2H3,(H,26,27)(H,23,24,25)/b18-11-/t12-/m0/s1. The quantitative estimate of drug-likeness (QED) is 0.608. The zero-order valence-corrected chi connectivity index (χ0v) is 17.8. The highest BCUT2D eigenvalue weighted by Gasteiger charge is 2.24. The number of amidine groups is 1. The number of aliphatic carboxylic acids is 1. The number of amides is 1. The van der Waals surface area contributed by atoms with E-state index in [-0.39, 0.29) is 5.91 Å². The van der Waals surface area contributed by atoms with Gasteiger partial charge in [0.25, 0.3) is 5.91 Å². The highest BCUT2D eigenvalue weighted by Crippen LogP contribution is 2.33. The van der Waals surface area contributed by atoms with Crippen molar-refractivity contribution in [2.75, 3.05) is 6.61 Å². The second-order valence-electron chi connectivity index (χ2n) is 6.20. The third kappa shape index (κ3) is 5.55. The SMILES string of the molecule is CCOc1cc(/C=C2\SC(=Nc3ccc(Cl)cc3)NC2=O)ccc1O[C@@H](C)C(=O)O. The van der Waals surface area contributed by atoms with Crippen molar-refractivity contribution in [3.05, 3.63) is 58.0 Å². The van der Waals surface area contributed by atoms with Crippen LogP contribution in [0.1, 0.15) is 19.4 Å². The molecule has 7 nitrogen and oxygen atoms in total. The number of nitrogens with one attached hydrogen (secondary N) is 1. The van der Waals surface area contributed by atoms with Crippen LogP contribution in [-0.2, 0) is 9.59 Å². The topological polar surface area (TPSA) is 97.2 Å². The fraction of sp³-hybridized carbons (Fsp3) is 0.190. The van der Waals surface area contributed by atoms with Crippen molar-refractivity contribution in [3.63, 3.8) is 0 Å². The molecule has 1 saturated heterocycles. The first kappa shape index (κ1) is 21.7. The molecule has 30 heavy (non-hydrogen) atoms. The molecule has 2 aromatic rings. The molecule has 9 heteroatoms. The van der Waals surface area contributed by atoms with Crippen LogP contribution >= 0.6 is 23.4 Å². The number of carboxylic acids is 1. The van der Waals surface area contributed by atoms with Crippen molar-refractivity contribution in [1.82, 2.24) is 5.32 Å². The van der Waals surface area contributed by atoms with Crippen molar-refractivity contribution >= 4 is 52.2 Å². The van der Waals surface area contributed by atoms with Gasteiger partial charge in [-0.25, -0.2) is 9.79 Å². The molecule has 0 radical (unpaired) electrons. The van der Waals surface area contributed by atoms with Crippen molar-refractivity contribution in [3.8, 4) is 11.5 Å². The Morgan fingerprint density at radius 3 is 2.67 bits per heavy atom. The summed E-state index contributed by atoms with van der Waals surface area (Å²) >= 11 is 7.09. The van der Waals surface area contributed by atoms with E-state index in [4.69, 9.17) is 26.2 Å². The summed E-state index contributed by atoms with van der Waals surface area (Å²) in [4.78, 5) is 28.2. The maximum Gasteiger partial charge on any atom is 0.344 e. The van der Waals surface area contributed by atoms with E-state index in [9.17, 15) is 9.59 Å². The zero-order chi connectivity index (χ0) is 21.7. The van der Waals surface area contributed by atoms with Crippen LogP contribution in [0, 0.1) is 0 Å². The smallest absolute Gasteiger partial charge is 0.344 e. The Balaban J connectivity index is 1.81. The maximum absolute atomic E-state index is 12.3. The third-order valence-corrected chi connectivity index (χ3v) is 5.09. The van der Waals surface area contributed by atoms with Crippen LogP contribution in [0.25, 0.3) is 6.08 Å². The van der Waals surface area contributed by atoms with Crippen LogP contribution in [0.4, 0.5) is 5.69 Å². The number of carboxylic acid groups (broad SMARTS) is 1. The van der Waals surface area contributed by atoms with Crippen molar-refractivity contribution in [2.45, 2.75) is 20.0 Å². The molecule has 0 saturated carbocycles. The average Bonchev–Trinajstić information content (AvgIpc) is 3.04. The monoisotopic (exact) mass is 446 g/mol. The van der Waals surface area contributed by atoms with Gasteiger partial charge in [-0.15, -0.1) is 0 Å². The fourth-order valence-electron chi connectivity index (χ4n) is 2.49. The predicted octanol–water partition coefficient (Wildman–Crippen LogP) is 4.48. The van der Waals surface area contributed by atoms with Crippen LogP contribution in [0.5, 0.6) is 11.5 Å². The Kier molecular flexibility index (Phi) is 7.02. The summed E-state index contributed by atoms with van der Waals surface area (Å²) in [5.41, 5.74) is 1.38. The second-order valence-corrected chi connectivity index (χ2v) is 7.66. The minimum Gasteiger partial charge on any atom is -0.490 e. The summed E-state index contributed by atoms with van der Waals surface area (Å²) in [7, 11) is 0. The number of thioether (sulfide) groups is 1. The maximum atomic E-state index is 12.3. The Bertz CT molecular complexity index is 1020. The number of hydrogen-bond acceptors (Lipinski definition) is 6. The van der Waals surface area contributed by atoms with Gasteiger partial charge in [0.2, 0.25) is 0 Å². The molecule has 1 heterocycles. The summed E-state index contributed by atoms with van der Waals surface area (Å²) < 4.78 is 11.0. The first-order chi connectivity index (χ1) is 14.4. The number of hydrogen-bond donors (Lipinski definition) is 2. The third-order valence-electron chi connectivity index (χ3n) is 3.93. The second kappa shape index (κ2) is 9.69. The minimum atomic E-state index is -1.07. The number of rotatable bonds is 7. The summed E-state index contributed by atoms with van der Waals surface area (Å²) in [6.45, 7) is 3.63. The van der Waals surface area contributed by atoms with Gasteiger partial charge in [-0.1, -0.05) is 17.7 Å². The van der Waals surface area contributed by atoms with Crippen molar-refractivity contribution < 1.29 is 24.2 Å². The molecule has 0 bridgehead atoms. The number of halogens is 1.